The summed E-state index contributed by atoms with van der Waals surface area (Å²) < 4.78 is 0. The third-order valence-electron chi connectivity index (χ3n) is 3.77. The minimum Gasteiger partial charge on any atom is -0.332 e. The van der Waals surface area contributed by atoms with Crippen molar-refractivity contribution in [1.29, 1.82) is 0 Å². The molecule has 0 aliphatic carbocycles. The Bertz CT molecular complexity index is 437. The molecule has 1 unspecified atom stereocenters. The average Bonchev–Trinajstić information content (AvgIpc) is 2.94. The Morgan fingerprint density at radius 1 is 1.45 bits per heavy atom. The number of aromatic amines is 1. The fraction of sp³-hybridized carbons (Fsp3) is 0.786. The largest absolute Gasteiger partial charge is 0.332 e. The lowest BCUT2D eigenvalue weighted by Crippen LogP contribution is -2.48. The van der Waals surface area contributed by atoms with E-state index in [1.807, 2.05) is 25.7 Å². The van der Waals surface area contributed by atoms with Crippen LogP contribution in [0.1, 0.15) is 56.5 Å². The Balaban J connectivity index is 2.04. The van der Waals surface area contributed by atoms with Gasteiger partial charge in [-0.05, 0) is 33.2 Å². The van der Waals surface area contributed by atoms with Crippen molar-refractivity contribution in [2.75, 3.05) is 13.1 Å². The van der Waals surface area contributed by atoms with E-state index in [1.165, 1.54) is 12.8 Å². The second kappa shape index (κ2) is 6.83. The number of piperidine rings is 1. The van der Waals surface area contributed by atoms with Crippen molar-refractivity contribution in [1.82, 2.24) is 25.4 Å². The van der Waals surface area contributed by atoms with Gasteiger partial charge in [0, 0.05) is 25.0 Å². The van der Waals surface area contributed by atoms with Gasteiger partial charge in [0.25, 0.3) is 5.91 Å². The molecule has 1 aliphatic heterocycles. The second-order valence-electron chi connectivity index (χ2n) is 5.66. The Kier molecular flexibility index (Phi) is 5.11. The lowest BCUT2D eigenvalue weighted by atomic mass is 10.0. The molecule has 20 heavy (non-hydrogen) atoms. The Hall–Kier alpha value is -1.43. The topological polar surface area (TPSA) is 73.9 Å². The van der Waals surface area contributed by atoms with E-state index in [9.17, 15) is 4.79 Å². The van der Waals surface area contributed by atoms with Crippen LogP contribution in [0.5, 0.6) is 0 Å². The van der Waals surface area contributed by atoms with Crippen LogP contribution in [0.2, 0.25) is 0 Å². The van der Waals surface area contributed by atoms with Crippen LogP contribution < -0.4 is 5.32 Å². The summed E-state index contributed by atoms with van der Waals surface area (Å²) in [4.78, 5) is 18.7. The van der Waals surface area contributed by atoms with Gasteiger partial charge in [-0.25, -0.2) is 4.98 Å². The molecular weight excluding hydrogens is 254 g/mol. The molecule has 6 nitrogen and oxygen atoms in total. The Morgan fingerprint density at radius 2 is 2.25 bits per heavy atom. The quantitative estimate of drug-likeness (QED) is 0.853. The first-order valence-electron chi connectivity index (χ1n) is 7.57. The molecule has 1 aromatic heterocycles. The first kappa shape index (κ1) is 15.0. The number of nitrogens with zero attached hydrogens (tertiary/aromatic N) is 3. The molecule has 1 aromatic rings. The van der Waals surface area contributed by atoms with Crippen molar-refractivity contribution >= 4 is 5.91 Å². The number of aryl methyl sites for hydroxylation is 1. The number of nitrogens with one attached hydrogen (secondary N) is 2. The zero-order valence-electron chi connectivity index (χ0n) is 12.6. The molecule has 6 heteroatoms. The second-order valence-corrected chi connectivity index (χ2v) is 5.66. The third-order valence-corrected chi connectivity index (χ3v) is 3.77. The number of carbonyl (C=O) groups is 1. The van der Waals surface area contributed by atoms with Gasteiger partial charge in [0.15, 0.2) is 0 Å². The maximum Gasteiger partial charge on any atom is 0.293 e. The number of hydrogen-bond donors (Lipinski definition) is 2. The van der Waals surface area contributed by atoms with Crippen molar-refractivity contribution < 1.29 is 4.79 Å². The molecule has 2 rings (SSSR count). The van der Waals surface area contributed by atoms with Crippen LogP contribution in [0, 0.1) is 0 Å². The van der Waals surface area contributed by atoms with Crippen molar-refractivity contribution in [2.24, 2.45) is 0 Å². The zero-order valence-corrected chi connectivity index (χ0v) is 12.6. The molecule has 1 aliphatic rings. The van der Waals surface area contributed by atoms with E-state index >= 15 is 0 Å². The van der Waals surface area contributed by atoms with E-state index in [-0.39, 0.29) is 17.8 Å². The lowest BCUT2D eigenvalue weighted by molar-refractivity contribution is 0.0664. The van der Waals surface area contributed by atoms with Gasteiger partial charge in [-0.1, -0.05) is 13.3 Å². The molecule has 0 saturated carbocycles. The minimum absolute atomic E-state index is 0.0803. The fourth-order valence-corrected chi connectivity index (χ4v) is 2.52. The number of H-pyrrole nitrogens is 1. The summed E-state index contributed by atoms with van der Waals surface area (Å²) in [5, 5.41) is 10.3. The van der Waals surface area contributed by atoms with E-state index < -0.39 is 0 Å². The molecular formula is C14H25N5O. The summed E-state index contributed by atoms with van der Waals surface area (Å²) in [7, 11) is 0. The number of amides is 1. The van der Waals surface area contributed by atoms with Gasteiger partial charge in [0.1, 0.15) is 5.82 Å². The first-order chi connectivity index (χ1) is 9.61. The molecule has 0 bridgehead atoms. The van der Waals surface area contributed by atoms with Crippen LogP contribution in [0.4, 0.5) is 0 Å². The molecule has 2 N–H and O–H groups in total. The maximum absolute atomic E-state index is 12.5. The number of aromatic nitrogens is 3. The SMILES string of the molecule is CCc1nc(C(=O)N(CC2CCCCN2)C(C)C)n[nH]1. The van der Waals surface area contributed by atoms with Crippen molar-refractivity contribution in [3.8, 4) is 0 Å². The van der Waals surface area contributed by atoms with Crippen LogP contribution in [0.15, 0.2) is 0 Å². The van der Waals surface area contributed by atoms with Crippen molar-refractivity contribution in [3.05, 3.63) is 11.6 Å². The van der Waals surface area contributed by atoms with E-state index in [1.54, 1.807) is 0 Å². The third kappa shape index (κ3) is 3.56. The van der Waals surface area contributed by atoms with Gasteiger partial charge >= 0.3 is 0 Å². The Morgan fingerprint density at radius 3 is 2.80 bits per heavy atom. The number of rotatable bonds is 5. The van der Waals surface area contributed by atoms with Gasteiger partial charge in [0.05, 0.1) is 0 Å². The Labute approximate surface area is 120 Å². The highest BCUT2D eigenvalue weighted by Crippen LogP contribution is 2.12. The molecule has 0 spiro atoms. The number of carbonyl (C=O) groups excluding carboxylic acids is 1. The predicted octanol–water partition coefficient (Wildman–Crippen LogP) is 1.36. The summed E-state index contributed by atoms with van der Waals surface area (Å²) >= 11 is 0. The molecule has 2 heterocycles. The zero-order chi connectivity index (χ0) is 14.5. The summed E-state index contributed by atoms with van der Waals surface area (Å²) in [5.41, 5.74) is 0. The van der Waals surface area contributed by atoms with Crippen LogP contribution >= 0.6 is 0 Å². The van der Waals surface area contributed by atoms with Gasteiger partial charge in [-0.2, -0.15) is 0 Å². The van der Waals surface area contributed by atoms with Gasteiger partial charge < -0.3 is 10.2 Å². The molecule has 1 atom stereocenters. The molecule has 1 amide bonds. The van der Waals surface area contributed by atoms with Crippen molar-refractivity contribution in [2.45, 2.75) is 58.5 Å². The molecule has 1 fully saturated rings. The highest BCUT2D eigenvalue weighted by Gasteiger charge is 2.26. The lowest BCUT2D eigenvalue weighted by Gasteiger charge is -2.32. The smallest absolute Gasteiger partial charge is 0.293 e. The summed E-state index contributed by atoms with van der Waals surface area (Å²) in [6.45, 7) is 7.83. The molecule has 1 saturated heterocycles. The maximum atomic E-state index is 12.5. The standard InChI is InChI=1S/C14H25N5O/c1-4-12-16-13(18-17-12)14(20)19(10(2)3)9-11-7-5-6-8-15-11/h10-11,15H,4-9H2,1-3H3,(H,16,17,18). The first-order valence-corrected chi connectivity index (χ1v) is 7.57. The monoisotopic (exact) mass is 279 g/mol. The fourth-order valence-electron chi connectivity index (χ4n) is 2.52. The van der Waals surface area contributed by atoms with Gasteiger partial charge in [0.2, 0.25) is 5.82 Å². The van der Waals surface area contributed by atoms with Crippen molar-refractivity contribution in [3.63, 3.8) is 0 Å². The van der Waals surface area contributed by atoms with Crippen LogP contribution in [-0.2, 0) is 6.42 Å². The molecule has 0 radical (unpaired) electrons. The van der Waals surface area contributed by atoms with Gasteiger partial charge in [-0.3, -0.25) is 9.89 Å². The number of hydrogen-bond acceptors (Lipinski definition) is 4. The minimum atomic E-state index is -0.0803. The van der Waals surface area contributed by atoms with E-state index in [4.69, 9.17) is 0 Å². The predicted molar refractivity (Wildman–Crippen MR) is 77.6 cm³/mol. The highest BCUT2D eigenvalue weighted by atomic mass is 16.2. The summed E-state index contributed by atoms with van der Waals surface area (Å²) in [6, 6.07) is 0.537. The molecule has 0 aromatic carbocycles. The average molecular weight is 279 g/mol. The van der Waals surface area contributed by atoms with Crippen LogP contribution in [0.25, 0.3) is 0 Å². The van der Waals surface area contributed by atoms with E-state index in [2.05, 4.69) is 20.5 Å². The van der Waals surface area contributed by atoms with Gasteiger partial charge in [-0.15, -0.1) is 5.10 Å². The summed E-state index contributed by atoms with van der Waals surface area (Å²) in [6.07, 6.45) is 4.35. The molecule has 112 valence electrons. The van der Waals surface area contributed by atoms with E-state index in [0.717, 1.165) is 31.8 Å². The normalized spacial score (nSPS) is 19.3. The van der Waals surface area contributed by atoms with E-state index in [0.29, 0.717) is 6.04 Å². The van der Waals surface area contributed by atoms with Crippen LogP contribution in [0.3, 0.4) is 0 Å². The summed E-state index contributed by atoms with van der Waals surface area (Å²) in [5.74, 6) is 0.961. The highest BCUT2D eigenvalue weighted by molar-refractivity contribution is 5.90. The van der Waals surface area contributed by atoms with Crippen LogP contribution in [-0.4, -0.2) is 51.2 Å².